The Morgan fingerprint density at radius 1 is 1.22 bits per heavy atom. The molecule has 0 saturated heterocycles. The topological polar surface area (TPSA) is 102 Å². The lowest BCUT2D eigenvalue weighted by molar-refractivity contribution is -0.119. The summed E-state index contributed by atoms with van der Waals surface area (Å²) in [6.07, 6.45) is 1.56. The van der Waals surface area contributed by atoms with Crippen molar-refractivity contribution in [3.63, 3.8) is 0 Å². The van der Waals surface area contributed by atoms with E-state index in [4.69, 9.17) is 16.0 Å². The molecule has 0 spiro atoms. The predicted molar refractivity (Wildman–Crippen MR) is 101 cm³/mol. The number of furan rings is 1. The second-order valence-corrected chi connectivity index (χ2v) is 6.71. The van der Waals surface area contributed by atoms with Crippen LogP contribution in [0.1, 0.15) is 17.3 Å². The average molecular weight is 406 g/mol. The molecule has 0 fully saturated rings. The Labute approximate surface area is 164 Å². The molecule has 0 aliphatic rings. The van der Waals surface area contributed by atoms with Gasteiger partial charge in [-0.2, -0.15) is 0 Å². The van der Waals surface area contributed by atoms with Crippen molar-refractivity contribution < 1.29 is 14.0 Å². The molecule has 27 heavy (non-hydrogen) atoms. The predicted octanol–water partition coefficient (Wildman–Crippen LogP) is 2.76. The van der Waals surface area contributed by atoms with Crippen LogP contribution in [0.5, 0.6) is 0 Å². The van der Waals surface area contributed by atoms with Crippen LogP contribution < -0.4 is 10.9 Å². The number of benzene rings is 1. The fourth-order valence-corrected chi connectivity index (χ4v) is 3.26. The van der Waals surface area contributed by atoms with Gasteiger partial charge in [-0.15, -0.1) is 10.2 Å². The van der Waals surface area contributed by atoms with Crippen LogP contribution in [-0.4, -0.2) is 32.3 Å². The van der Waals surface area contributed by atoms with E-state index in [0.717, 1.165) is 0 Å². The fourth-order valence-electron chi connectivity index (χ4n) is 2.26. The van der Waals surface area contributed by atoms with E-state index in [2.05, 4.69) is 21.0 Å². The van der Waals surface area contributed by atoms with E-state index < -0.39 is 5.91 Å². The molecule has 2 N–H and O–H groups in total. The molecule has 0 atom stereocenters. The number of thioether (sulfide) groups is 1. The highest BCUT2D eigenvalue weighted by Crippen LogP contribution is 2.24. The summed E-state index contributed by atoms with van der Waals surface area (Å²) >= 11 is 7.06. The normalized spacial score (nSPS) is 10.6. The summed E-state index contributed by atoms with van der Waals surface area (Å²) in [5.41, 5.74) is 5.07. The van der Waals surface area contributed by atoms with Gasteiger partial charge in [0.2, 0.25) is 5.91 Å². The van der Waals surface area contributed by atoms with Crippen molar-refractivity contribution in [1.29, 1.82) is 0 Å². The molecule has 0 unspecified atom stereocenters. The monoisotopic (exact) mass is 405 g/mol. The number of carbonyl (C=O) groups excluding carboxylic acids is 2. The van der Waals surface area contributed by atoms with Crippen molar-refractivity contribution in [3.8, 4) is 11.6 Å². The number of rotatable bonds is 6. The molecule has 2 heterocycles. The second kappa shape index (κ2) is 8.74. The number of amides is 2. The number of nitrogens with one attached hydrogen (secondary N) is 2. The van der Waals surface area contributed by atoms with Crippen LogP contribution in [0.4, 0.5) is 0 Å². The number of hydrogen-bond acceptors (Lipinski definition) is 6. The lowest BCUT2D eigenvalue weighted by atomic mass is 10.2. The zero-order valence-electron chi connectivity index (χ0n) is 14.3. The SMILES string of the molecule is CCn1c(SCC(=O)NNC(=O)c2cccc(Cl)c2)nnc1-c1ccco1. The molecular formula is C17H16ClN5O3S. The molecule has 0 aliphatic heterocycles. The third-order valence-electron chi connectivity index (χ3n) is 3.51. The van der Waals surface area contributed by atoms with Crippen LogP contribution in [0.2, 0.25) is 5.02 Å². The van der Waals surface area contributed by atoms with Gasteiger partial charge in [-0.3, -0.25) is 25.0 Å². The molecule has 0 bridgehead atoms. The zero-order valence-corrected chi connectivity index (χ0v) is 15.9. The molecule has 3 aromatic rings. The molecule has 1 aromatic carbocycles. The first-order valence-corrected chi connectivity index (χ1v) is 9.39. The summed E-state index contributed by atoms with van der Waals surface area (Å²) in [6.45, 7) is 2.57. The lowest BCUT2D eigenvalue weighted by Gasteiger charge is -2.08. The summed E-state index contributed by atoms with van der Waals surface area (Å²) in [6, 6.07) is 9.99. The van der Waals surface area contributed by atoms with Crippen molar-refractivity contribution in [2.45, 2.75) is 18.6 Å². The van der Waals surface area contributed by atoms with Crippen molar-refractivity contribution in [1.82, 2.24) is 25.6 Å². The summed E-state index contributed by atoms with van der Waals surface area (Å²) in [5, 5.41) is 9.24. The first-order chi connectivity index (χ1) is 13.1. The molecule has 3 rings (SSSR count). The molecule has 10 heteroatoms. The highest BCUT2D eigenvalue weighted by atomic mass is 35.5. The molecule has 2 aromatic heterocycles. The third-order valence-corrected chi connectivity index (χ3v) is 4.71. The summed E-state index contributed by atoms with van der Waals surface area (Å²) in [5.74, 6) is 0.439. The quantitative estimate of drug-likeness (QED) is 0.483. The van der Waals surface area contributed by atoms with Crippen LogP contribution in [0, 0.1) is 0 Å². The Morgan fingerprint density at radius 3 is 2.78 bits per heavy atom. The Hall–Kier alpha value is -2.78. The number of hydrogen-bond donors (Lipinski definition) is 2. The van der Waals surface area contributed by atoms with Gasteiger partial charge in [-0.1, -0.05) is 29.4 Å². The van der Waals surface area contributed by atoms with Crippen molar-refractivity contribution in [2.75, 3.05) is 5.75 Å². The Bertz CT molecular complexity index is 942. The highest BCUT2D eigenvalue weighted by molar-refractivity contribution is 7.99. The Balaban J connectivity index is 1.54. The molecule has 140 valence electrons. The van der Waals surface area contributed by atoms with Gasteiger partial charge in [0.05, 0.1) is 12.0 Å². The van der Waals surface area contributed by atoms with Gasteiger partial charge in [0.1, 0.15) is 0 Å². The maximum Gasteiger partial charge on any atom is 0.269 e. The third kappa shape index (κ3) is 4.69. The van der Waals surface area contributed by atoms with Crippen LogP contribution in [0.15, 0.2) is 52.2 Å². The number of hydrazine groups is 1. The summed E-state index contributed by atoms with van der Waals surface area (Å²) in [4.78, 5) is 24.0. The number of carbonyl (C=O) groups is 2. The Morgan fingerprint density at radius 2 is 2.07 bits per heavy atom. The van der Waals surface area contributed by atoms with Gasteiger partial charge >= 0.3 is 0 Å². The van der Waals surface area contributed by atoms with Gasteiger partial charge < -0.3 is 4.42 Å². The van der Waals surface area contributed by atoms with Crippen LogP contribution in [0.25, 0.3) is 11.6 Å². The van der Waals surface area contributed by atoms with Crippen molar-refractivity contribution >= 4 is 35.2 Å². The van der Waals surface area contributed by atoms with Gasteiger partial charge in [-0.05, 0) is 37.3 Å². The van der Waals surface area contributed by atoms with E-state index in [-0.39, 0.29) is 11.7 Å². The highest BCUT2D eigenvalue weighted by Gasteiger charge is 2.16. The molecule has 0 radical (unpaired) electrons. The van der Waals surface area contributed by atoms with E-state index in [1.54, 1.807) is 36.6 Å². The molecule has 0 aliphatic carbocycles. The number of nitrogens with zero attached hydrogens (tertiary/aromatic N) is 3. The van der Waals surface area contributed by atoms with Crippen LogP contribution >= 0.6 is 23.4 Å². The summed E-state index contributed by atoms with van der Waals surface area (Å²) < 4.78 is 7.20. The van der Waals surface area contributed by atoms with Gasteiger partial charge in [0.15, 0.2) is 16.7 Å². The molecule has 8 nitrogen and oxygen atoms in total. The van der Waals surface area contributed by atoms with E-state index in [1.807, 2.05) is 11.5 Å². The van der Waals surface area contributed by atoms with Crippen molar-refractivity contribution in [2.24, 2.45) is 0 Å². The van der Waals surface area contributed by atoms with E-state index in [1.165, 1.54) is 17.8 Å². The van der Waals surface area contributed by atoms with Gasteiger partial charge in [-0.25, -0.2) is 0 Å². The minimum Gasteiger partial charge on any atom is -0.461 e. The first-order valence-electron chi connectivity index (χ1n) is 8.03. The maximum atomic E-state index is 12.0. The molecular weight excluding hydrogens is 390 g/mol. The largest absolute Gasteiger partial charge is 0.461 e. The van der Waals surface area contributed by atoms with Crippen LogP contribution in [0.3, 0.4) is 0 Å². The van der Waals surface area contributed by atoms with Crippen molar-refractivity contribution in [3.05, 3.63) is 53.2 Å². The van der Waals surface area contributed by atoms with E-state index in [9.17, 15) is 9.59 Å². The number of halogens is 1. The maximum absolute atomic E-state index is 12.0. The van der Waals surface area contributed by atoms with Crippen LogP contribution in [-0.2, 0) is 11.3 Å². The minimum absolute atomic E-state index is 0.0616. The van der Waals surface area contributed by atoms with Gasteiger partial charge in [0.25, 0.3) is 5.91 Å². The zero-order chi connectivity index (χ0) is 19.2. The van der Waals surface area contributed by atoms with E-state index in [0.29, 0.717) is 33.9 Å². The first kappa shape index (κ1) is 19.0. The number of aromatic nitrogens is 3. The molecule has 2 amide bonds. The lowest BCUT2D eigenvalue weighted by Crippen LogP contribution is -2.42. The fraction of sp³-hybridized carbons (Fsp3) is 0.176. The van der Waals surface area contributed by atoms with Gasteiger partial charge in [0, 0.05) is 17.1 Å². The summed E-state index contributed by atoms with van der Waals surface area (Å²) in [7, 11) is 0. The minimum atomic E-state index is -0.451. The standard InChI is InChI=1S/C17H16ClN5O3S/c1-2-23-15(13-7-4-8-26-13)20-22-17(23)27-10-14(24)19-21-16(25)11-5-3-6-12(18)9-11/h3-9H,2,10H2,1H3,(H,19,24)(H,21,25). The Kier molecular flexibility index (Phi) is 6.15. The smallest absolute Gasteiger partial charge is 0.269 e. The second-order valence-electron chi connectivity index (χ2n) is 5.33. The molecule has 0 saturated carbocycles. The average Bonchev–Trinajstić information content (AvgIpc) is 3.33. The van der Waals surface area contributed by atoms with E-state index >= 15 is 0 Å².